The smallest absolute Gasteiger partial charge is 0.255 e. The number of carbonyl (C=O) groups is 1. The quantitative estimate of drug-likeness (QED) is 0.789. The first-order valence-electron chi connectivity index (χ1n) is 7.57. The van der Waals surface area contributed by atoms with E-state index in [0.29, 0.717) is 26.9 Å². The zero-order chi connectivity index (χ0) is 18.8. The van der Waals surface area contributed by atoms with E-state index >= 15 is 0 Å². The maximum atomic E-state index is 12.3. The molecule has 0 radical (unpaired) electrons. The molecule has 0 unspecified atom stereocenters. The molecule has 0 atom stereocenters. The molecule has 0 saturated heterocycles. The zero-order valence-corrected chi connectivity index (χ0v) is 16.5. The highest BCUT2D eigenvalue weighted by Crippen LogP contribution is 2.24. The van der Waals surface area contributed by atoms with Crippen molar-refractivity contribution in [2.45, 2.75) is 31.3 Å². The van der Waals surface area contributed by atoms with Gasteiger partial charge in [-0.05, 0) is 56.7 Å². The van der Waals surface area contributed by atoms with E-state index in [2.05, 4.69) is 5.32 Å². The Hall–Kier alpha value is -1.56. The minimum atomic E-state index is -3.30. The molecule has 0 aliphatic heterocycles. The average Bonchev–Trinajstić information content (AvgIpc) is 2.48. The average molecular weight is 400 g/mol. The molecule has 134 valence electrons. The van der Waals surface area contributed by atoms with Gasteiger partial charge >= 0.3 is 0 Å². The van der Waals surface area contributed by atoms with Crippen LogP contribution in [0.1, 0.15) is 36.7 Å². The second-order valence-corrected chi connectivity index (χ2v) is 10.2. The Morgan fingerprint density at radius 1 is 1.04 bits per heavy atom. The van der Waals surface area contributed by atoms with Crippen molar-refractivity contribution in [1.82, 2.24) is 0 Å². The van der Waals surface area contributed by atoms with Gasteiger partial charge in [0.05, 0.1) is 20.5 Å². The predicted octanol–water partition coefficient (Wildman–Crippen LogP) is 4.96. The highest BCUT2D eigenvalue weighted by atomic mass is 35.5. The molecule has 4 nitrogen and oxygen atoms in total. The van der Waals surface area contributed by atoms with Crippen molar-refractivity contribution in [3.05, 3.63) is 63.6 Å². The molecule has 2 rings (SSSR count). The summed E-state index contributed by atoms with van der Waals surface area (Å²) >= 11 is 11.8. The molecule has 0 fully saturated rings. The number of halogens is 2. The predicted molar refractivity (Wildman–Crippen MR) is 103 cm³/mol. The minimum absolute atomic E-state index is 0.0903. The Bertz CT molecular complexity index is 903. The van der Waals surface area contributed by atoms with Crippen LogP contribution in [-0.2, 0) is 15.6 Å². The molecule has 0 saturated carbocycles. The summed E-state index contributed by atoms with van der Waals surface area (Å²) in [5.41, 5.74) is 1.49. The van der Waals surface area contributed by atoms with Gasteiger partial charge < -0.3 is 5.32 Å². The highest BCUT2D eigenvalue weighted by molar-refractivity contribution is 7.91. The summed E-state index contributed by atoms with van der Waals surface area (Å²) in [4.78, 5) is 12.3. The van der Waals surface area contributed by atoms with Crippen molar-refractivity contribution in [3.63, 3.8) is 0 Å². The second-order valence-electron chi connectivity index (χ2n) is 6.65. The Labute approximate surface area is 158 Å². The van der Waals surface area contributed by atoms with E-state index in [-0.39, 0.29) is 11.7 Å². The summed E-state index contributed by atoms with van der Waals surface area (Å²) in [7, 11) is -3.30. The lowest BCUT2D eigenvalue weighted by atomic mass is 10.2. The van der Waals surface area contributed by atoms with E-state index in [1.807, 2.05) is 0 Å². The fourth-order valence-corrected chi connectivity index (χ4v) is 3.36. The summed E-state index contributed by atoms with van der Waals surface area (Å²) in [5.74, 6) is -0.443. The van der Waals surface area contributed by atoms with Crippen molar-refractivity contribution >= 4 is 44.6 Å². The summed E-state index contributed by atoms with van der Waals surface area (Å²) in [6, 6.07) is 11.4. The van der Waals surface area contributed by atoms with E-state index in [9.17, 15) is 13.2 Å². The molecular weight excluding hydrogens is 381 g/mol. The first-order chi connectivity index (χ1) is 11.5. The van der Waals surface area contributed by atoms with Crippen LogP contribution in [0.2, 0.25) is 10.0 Å². The Morgan fingerprint density at radius 2 is 1.72 bits per heavy atom. The highest BCUT2D eigenvalue weighted by Gasteiger charge is 2.29. The number of sulfone groups is 1. The molecule has 0 aliphatic rings. The summed E-state index contributed by atoms with van der Waals surface area (Å²) < 4.78 is 23.8. The molecule has 0 heterocycles. The van der Waals surface area contributed by atoms with Crippen LogP contribution in [0, 0.1) is 0 Å². The van der Waals surface area contributed by atoms with Gasteiger partial charge in [-0.15, -0.1) is 0 Å². The molecular formula is C18H19Cl2NO3S. The van der Waals surface area contributed by atoms with Crippen LogP contribution < -0.4 is 5.32 Å². The van der Waals surface area contributed by atoms with Gasteiger partial charge in [0.2, 0.25) is 0 Å². The minimum Gasteiger partial charge on any atom is -0.322 e. The van der Waals surface area contributed by atoms with Gasteiger partial charge in [0, 0.05) is 11.3 Å². The molecule has 0 spiro atoms. The number of nitrogens with one attached hydrogen (secondary N) is 1. The number of benzene rings is 2. The lowest BCUT2D eigenvalue weighted by molar-refractivity contribution is 0.102. The summed E-state index contributed by atoms with van der Waals surface area (Å²) in [5, 5.41) is 3.39. The molecule has 25 heavy (non-hydrogen) atoms. The molecule has 0 aliphatic carbocycles. The lowest BCUT2D eigenvalue weighted by Gasteiger charge is -2.19. The molecule has 0 bridgehead atoms. The maximum Gasteiger partial charge on any atom is 0.255 e. The number of hydrogen-bond donors (Lipinski definition) is 1. The van der Waals surface area contributed by atoms with Gasteiger partial charge in [0.1, 0.15) is 0 Å². The monoisotopic (exact) mass is 399 g/mol. The van der Waals surface area contributed by atoms with E-state index in [1.54, 1.807) is 57.2 Å². The second kappa shape index (κ2) is 7.36. The van der Waals surface area contributed by atoms with Crippen LogP contribution >= 0.6 is 23.2 Å². The van der Waals surface area contributed by atoms with Crippen molar-refractivity contribution in [2.24, 2.45) is 0 Å². The maximum absolute atomic E-state index is 12.3. The lowest BCUT2D eigenvalue weighted by Crippen LogP contribution is -2.29. The number of amides is 1. The van der Waals surface area contributed by atoms with Crippen LogP contribution in [0.5, 0.6) is 0 Å². The van der Waals surface area contributed by atoms with Crippen LogP contribution in [0.25, 0.3) is 0 Å². The van der Waals surface area contributed by atoms with Crippen molar-refractivity contribution in [1.29, 1.82) is 0 Å². The largest absolute Gasteiger partial charge is 0.322 e. The van der Waals surface area contributed by atoms with Crippen molar-refractivity contribution < 1.29 is 13.2 Å². The first kappa shape index (κ1) is 19.8. The Kier molecular flexibility index (Phi) is 5.82. The van der Waals surface area contributed by atoms with Gasteiger partial charge in [0.15, 0.2) is 9.84 Å². The van der Waals surface area contributed by atoms with Crippen LogP contribution in [0.4, 0.5) is 5.69 Å². The Morgan fingerprint density at radius 3 is 2.32 bits per heavy atom. The molecule has 7 heteroatoms. The van der Waals surface area contributed by atoms with Crippen molar-refractivity contribution in [3.8, 4) is 0 Å². The topological polar surface area (TPSA) is 63.2 Å². The molecule has 1 amide bonds. The Balaban J connectivity index is 2.19. The molecule has 0 aromatic heterocycles. The van der Waals surface area contributed by atoms with E-state index < -0.39 is 14.6 Å². The third kappa shape index (κ3) is 4.97. The first-order valence-corrected chi connectivity index (χ1v) is 9.98. The number of carbonyl (C=O) groups excluding carboxylic acids is 1. The standard InChI is InChI=1S/C18H19Cl2NO3S/c1-18(2,3)25(23,24)11-12-5-4-6-14(9-12)21-17(22)13-7-8-15(19)16(20)10-13/h4-10H,11H2,1-3H3,(H,21,22). The van der Waals surface area contributed by atoms with Gasteiger partial charge in [-0.3, -0.25) is 4.79 Å². The third-order valence-corrected chi connectivity index (χ3v) is 6.97. The van der Waals surface area contributed by atoms with Crippen LogP contribution in [-0.4, -0.2) is 19.1 Å². The fourth-order valence-electron chi connectivity index (χ4n) is 2.02. The molecule has 1 N–H and O–H groups in total. The summed E-state index contributed by atoms with van der Waals surface area (Å²) in [6.07, 6.45) is 0. The number of hydrogen-bond acceptors (Lipinski definition) is 3. The van der Waals surface area contributed by atoms with E-state index in [0.717, 1.165) is 0 Å². The molecule has 2 aromatic carbocycles. The number of anilines is 1. The van der Waals surface area contributed by atoms with Crippen LogP contribution in [0.15, 0.2) is 42.5 Å². The fraction of sp³-hybridized carbons (Fsp3) is 0.278. The van der Waals surface area contributed by atoms with Gasteiger partial charge in [-0.25, -0.2) is 8.42 Å². The normalized spacial score (nSPS) is 12.0. The van der Waals surface area contributed by atoms with Gasteiger partial charge in [0.25, 0.3) is 5.91 Å². The van der Waals surface area contributed by atoms with Crippen LogP contribution in [0.3, 0.4) is 0 Å². The summed E-state index contributed by atoms with van der Waals surface area (Å²) in [6.45, 7) is 4.99. The van der Waals surface area contributed by atoms with Crippen molar-refractivity contribution in [2.75, 3.05) is 5.32 Å². The zero-order valence-electron chi connectivity index (χ0n) is 14.1. The number of rotatable bonds is 4. The van der Waals surface area contributed by atoms with Gasteiger partial charge in [-0.1, -0.05) is 35.3 Å². The molecule has 2 aromatic rings. The van der Waals surface area contributed by atoms with E-state index in [1.165, 1.54) is 6.07 Å². The SMILES string of the molecule is CC(C)(C)S(=O)(=O)Cc1cccc(NC(=O)c2ccc(Cl)c(Cl)c2)c1. The third-order valence-electron chi connectivity index (χ3n) is 3.66. The van der Waals surface area contributed by atoms with E-state index in [4.69, 9.17) is 23.2 Å². The van der Waals surface area contributed by atoms with Gasteiger partial charge in [-0.2, -0.15) is 0 Å².